The molecule has 1 aromatic heterocycles. The van der Waals surface area contributed by atoms with Crippen molar-refractivity contribution in [2.45, 2.75) is 30.4 Å². The molecule has 0 bridgehead atoms. The largest absolute Gasteiger partial charge is 0.376 e. The average molecular weight is 409 g/mol. The first kappa shape index (κ1) is 20.0. The Morgan fingerprint density at radius 2 is 1.96 bits per heavy atom. The van der Waals surface area contributed by atoms with Gasteiger partial charge in [0.15, 0.2) is 0 Å². The first-order valence-electron chi connectivity index (χ1n) is 8.84. The summed E-state index contributed by atoms with van der Waals surface area (Å²) in [6.45, 7) is 1.80. The Morgan fingerprint density at radius 1 is 1.22 bits per heavy atom. The van der Waals surface area contributed by atoms with Crippen molar-refractivity contribution >= 4 is 27.3 Å². The molecule has 0 saturated carbocycles. The smallest absolute Gasteiger partial charge is 0.254 e. The SMILES string of the molecule is CN(C)S(=O)(=O)c1ccc(C(=O)N(Cc2cccs2)C[C@H]2CCCO2)cc1. The maximum absolute atomic E-state index is 13.1. The molecule has 2 aromatic rings. The second-order valence-electron chi connectivity index (χ2n) is 6.71. The summed E-state index contributed by atoms with van der Waals surface area (Å²) in [5.74, 6) is -0.118. The van der Waals surface area contributed by atoms with Gasteiger partial charge in [-0.05, 0) is 48.6 Å². The Kier molecular flexibility index (Phi) is 6.31. The van der Waals surface area contributed by atoms with Gasteiger partial charge in [-0.15, -0.1) is 11.3 Å². The molecule has 1 amide bonds. The quantitative estimate of drug-likeness (QED) is 0.707. The number of rotatable bonds is 7. The van der Waals surface area contributed by atoms with Crippen molar-refractivity contribution in [2.24, 2.45) is 0 Å². The van der Waals surface area contributed by atoms with Gasteiger partial charge in [0, 0.05) is 37.7 Å². The summed E-state index contributed by atoms with van der Waals surface area (Å²) in [5.41, 5.74) is 0.474. The van der Waals surface area contributed by atoms with Gasteiger partial charge in [0.1, 0.15) is 0 Å². The predicted molar refractivity (Wildman–Crippen MR) is 105 cm³/mol. The Hall–Kier alpha value is -1.74. The summed E-state index contributed by atoms with van der Waals surface area (Å²) in [6.07, 6.45) is 2.03. The number of sulfonamides is 1. The van der Waals surface area contributed by atoms with E-state index in [9.17, 15) is 13.2 Å². The molecule has 1 atom stereocenters. The van der Waals surface area contributed by atoms with Gasteiger partial charge in [0.05, 0.1) is 17.5 Å². The molecule has 0 aliphatic carbocycles. The van der Waals surface area contributed by atoms with Crippen LogP contribution < -0.4 is 0 Å². The number of hydrogen-bond acceptors (Lipinski definition) is 5. The van der Waals surface area contributed by atoms with Crippen LogP contribution in [0.25, 0.3) is 0 Å². The highest BCUT2D eigenvalue weighted by Gasteiger charge is 2.25. The van der Waals surface area contributed by atoms with E-state index in [4.69, 9.17) is 4.74 Å². The summed E-state index contributed by atoms with van der Waals surface area (Å²) in [5, 5.41) is 1.99. The molecular formula is C19H24N2O4S2. The van der Waals surface area contributed by atoms with Crippen LogP contribution >= 0.6 is 11.3 Å². The van der Waals surface area contributed by atoms with E-state index in [1.54, 1.807) is 28.4 Å². The molecule has 8 heteroatoms. The van der Waals surface area contributed by atoms with Crippen LogP contribution in [-0.4, -0.2) is 56.9 Å². The molecule has 0 N–H and O–H groups in total. The Bertz CT molecular complexity index is 856. The Balaban J connectivity index is 1.80. The lowest BCUT2D eigenvalue weighted by Crippen LogP contribution is -2.36. The summed E-state index contributed by atoms with van der Waals surface area (Å²) in [7, 11) is -0.539. The van der Waals surface area contributed by atoms with Crippen LogP contribution in [0.4, 0.5) is 0 Å². The van der Waals surface area contributed by atoms with Gasteiger partial charge in [-0.2, -0.15) is 0 Å². The fourth-order valence-corrected chi connectivity index (χ4v) is 4.63. The number of ether oxygens (including phenoxy) is 1. The second-order valence-corrected chi connectivity index (χ2v) is 9.90. The lowest BCUT2D eigenvalue weighted by Gasteiger charge is -2.25. The van der Waals surface area contributed by atoms with Crippen molar-refractivity contribution < 1.29 is 17.9 Å². The Labute approximate surface area is 164 Å². The molecule has 1 aliphatic rings. The number of thiophene rings is 1. The van der Waals surface area contributed by atoms with Gasteiger partial charge >= 0.3 is 0 Å². The molecule has 0 radical (unpaired) electrons. The van der Waals surface area contributed by atoms with Crippen molar-refractivity contribution in [2.75, 3.05) is 27.2 Å². The van der Waals surface area contributed by atoms with Crippen LogP contribution in [0.5, 0.6) is 0 Å². The minimum Gasteiger partial charge on any atom is -0.376 e. The molecule has 146 valence electrons. The summed E-state index contributed by atoms with van der Waals surface area (Å²) < 4.78 is 31.3. The minimum atomic E-state index is -3.51. The van der Waals surface area contributed by atoms with Crippen LogP contribution in [0.15, 0.2) is 46.7 Å². The summed E-state index contributed by atoms with van der Waals surface area (Å²) in [6, 6.07) is 10.1. The lowest BCUT2D eigenvalue weighted by molar-refractivity contribution is 0.0509. The standard InChI is InChI=1S/C19H24N2O4S2/c1-20(2)27(23,24)18-9-7-15(8-10-18)19(22)21(13-16-5-3-11-25-16)14-17-6-4-12-26-17/h4,6-10,12,16H,3,5,11,13-14H2,1-2H3/t16-/m1/s1. The van der Waals surface area contributed by atoms with E-state index in [1.165, 1.54) is 26.2 Å². The average Bonchev–Trinajstić information content (AvgIpc) is 3.34. The maximum atomic E-state index is 13.1. The zero-order valence-electron chi connectivity index (χ0n) is 15.5. The highest BCUT2D eigenvalue weighted by Crippen LogP contribution is 2.20. The zero-order valence-corrected chi connectivity index (χ0v) is 17.1. The number of benzene rings is 1. The van der Waals surface area contributed by atoms with Crippen molar-refractivity contribution in [1.29, 1.82) is 0 Å². The van der Waals surface area contributed by atoms with Crippen LogP contribution in [-0.2, 0) is 21.3 Å². The highest BCUT2D eigenvalue weighted by atomic mass is 32.2. The molecule has 1 aromatic carbocycles. The van der Waals surface area contributed by atoms with Gasteiger partial charge in [0.2, 0.25) is 10.0 Å². The van der Waals surface area contributed by atoms with Crippen LogP contribution in [0, 0.1) is 0 Å². The van der Waals surface area contributed by atoms with E-state index in [0.29, 0.717) is 18.7 Å². The first-order chi connectivity index (χ1) is 12.9. The molecule has 2 heterocycles. The summed E-state index contributed by atoms with van der Waals surface area (Å²) >= 11 is 1.61. The molecule has 3 rings (SSSR count). The van der Waals surface area contributed by atoms with Crippen LogP contribution in [0.3, 0.4) is 0 Å². The predicted octanol–water partition coefficient (Wildman–Crippen LogP) is 2.82. The van der Waals surface area contributed by atoms with Crippen molar-refractivity contribution in [3.63, 3.8) is 0 Å². The van der Waals surface area contributed by atoms with Crippen molar-refractivity contribution in [3.05, 3.63) is 52.2 Å². The molecular weight excluding hydrogens is 384 g/mol. The molecule has 1 aliphatic heterocycles. The van der Waals surface area contributed by atoms with Crippen LogP contribution in [0.2, 0.25) is 0 Å². The van der Waals surface area contributed by atoms with E-state index in [2.05, 4.69) is 0 Å². The summed E-state index contributed by atoms with van der Waals surface area (Å²) in [4.78, 5) is 16.1. The van der Waals surface area contributed by atoms with Crippen molar-refractivity contribution in [1.82, 2.24) is 9.21 Å². The monoisotopic (exact) mass is 408 g/mol. The topological polar surface area (TPSA) is 66.9 Å². The minimum absolute atomic E-state index is 0.0577. The molecule has 0 spiro atoms. The number of hydrogen-bond donors (Lipinski definition) is 0. The number of carbonyl (C=O) groups is 1. The fraction of sp³-hybridized carbons (Fsp3) is 0.421. The third-order valence-corrected chi connectivity index (χ3v) is 7.23. The van der Waals surface area contributed by atoms with Crippen molar-refractivity contribution in [3.8, 4) is 0 Å². The molecule has 0 unspecified atom stereocenters. The normalized spacial score (nSPS) is 17.4. The first-order valence-corrected chi connectivity index (χ1v) is 11.2. The second kappa shape index (κ2) is 8.52. The molecule has 27 heavy (non-hydrogen) atoms. The van der Waals surface area contributed by atoms with E-state index >= 15 is 0 Å². The van der Waals surface area contributed by atoms with Gasteiger partial charge in [-0.1, -0.05) is 6.07 Å². The van der Waals surface area contributed by atoms with Gasteiger partial charge < -0.3 is 9.64 Å². The highest BCUT2D eigenvalue weighted by molar-refractivity contribution is 7.89. The molecule has 1 fully saturated rings. The van der Waals surface area contributed by atoms with E-state index < -0.39 is 10.0 Å². The number of carbonyl (C=O) groups excluding carboxylic acids is 1. The van der Waals surface area contributed by atoms with Crippen LogP contribution in [0.1, 0.15) is 28.1 Å². The number of amides is 1. The molecule has 6 nitrogen and oxygen atoms in total. The van der Waals surface area contributed by atoms with Gasteiger partial charge in [-0.3, -0.25) is 4.79 Å². The third kappa shape index (κ3) is 4.76. The van der Waals surface area contributed by atoms with Gasteiger partial charge in [0.25, 0.3) is 5.91 Å². The van der Waals surface area contributed by atoms with E-state index in [0.717, 1.165) is 28.6 Å². The van der Waals surface area contributed by atoms with E-state index in [1.807, 2.05) is 17.5 Å². The molecule has 1 saturated heterocycles. The zero-order chi connectivity index (χ0) is 19.4. The maximum Gasteiger partial charge on any atom is 0.254 e. The Morgan fingerprint density at radius 3 is 2.52 bits per heavy atom. The van der Waals surface area contributed by atoms with Gasteiger partial charge in [-0.25, -0.2) is 12.7 Å². The third-order valence-electron chi connectivity index (χ3n) is 4.54. The number of nitrogens with zero attached hydrogens (tertiary/aromatic N) is 2. The fourth-order valence-electron chi connectivity index (χ4n) is 3.01. The van der Waals surface area contributed by atoms with E-state index in [-0.39, 0.29) is 16.9 Å². The lowest BCUT2D eigenvalue weighted by atomic mass is 10.1.